The molecule has 0 N–H and O–H groups in total. The number of sulfone groups is 1. The second kappa shape index (κ2) is 7.43. The van der Waals surface area contributed by atoms with Gasteiger partial charge in [-0.3, -0.25) is 0 Å². The summed E-state index contributed by atoms with van der Waals surface area (Å²) in [4.78, 5) is 4.09. The van der Waals surface area contributed by atoms with Crippen LogP contribution in [0.15, 0.2) is 47.0 Å². The number of rotatable bonds is 6. The molecule has 0 saturated carbocycles. The average molecular weight is 397 g/mol. The minimum absolute atomic E-state index is 0.0380. The smallest absolute Gasteiger partial charge is 0.242 e. The molecule has 1 aromatic heterocycles. The van der Waals surface area contributed by atoms with Crippen molar-refractivity contribution in [3.8, 4) is 17.1 Å². The molecule has 0 amide bonds. The number of ether oxygens (including phenoxy) is 1. The van der Waals surface area contributed by atoms with E-state index >= 15 is 0 Å². The molecule has 0 spiro atoms. The van der Waals surface area contributed by atoms with Gasteiger partial charge in [-0.2, -0.15) is 4.98 Å². The molecule has 1 heterocycles. The second-order valence-electron chi connectivity index (χ2n) is 5.52. The van der Waals surface area contributed by atoms with Crippen LogP contribution in [-0.2, 0) is 21.3 Å². The van der Waals surface area contributed by atoms with Gasteiger partial charge in [0.1, 0.15) is 5.75 Å². The molecule has 3 aromatic rings. The summed E-state index contributed by atoms with van der Waals surface area (Å²) in [5, 5.41) is 4.34. The van der Waals surface area contributed by atoms with Gasteiger partial charge in [-0.25, -0.2) is 12.8 Å². The Balaban J connectivity index is 1.73. The third-order valence-corrected chi connectivity index (χ3v) is 5.23. The van der Waals surface area contributed by atoms with Crippen molar-refractivity contribution in [2.75, 3.05) is 7.11 Å². The Morgan fingerprint density at radius 1 is 1.15 bits per heavy atom. The summed E-state index contributed by atoms with van der Waals surface area (Å²) >= 11 is 5.82. The van der Waals surface area contributed by atoms with E-state index in [-0.39, 0.29) is 23.2 Å². The molecule has 0 aliphatic heterocycles. The number of hydrogen-bond acceptors (Lipinski definition) is 6. The van der Waals surface area contributed by atoms with Crippen LogP contribution < -0.4 is 4.74 Å². The molecule has 136 valence electrons. The van der Waals surface area contributed by atoms with Crippen molar-refractivity contribution in [3.63, 3.8) is 0 Å². The highest BCUT2D eigenvalue weighted by Gasteiger charge is 2.19. The summed E-state index contributed by atoms with van der Waals surface area (Å²) in [6, 6.07) is 10.7. The fraction of sp³-hybridized carbons (Fsp3) is 0.176. The zero-order chi connectivity index (χ0) is 18.7. The van der Waals surface area contributed by atoms with Crippen LogP contribution in [0, 0.1) is 5.82 Å². The summed E-state index contributed by atoms with van der Waals surface area (Å²) in [6.45, 7) is 0. The monoisotopic (exact) mass is 396 g/mol. The number of methoxy groups -OCH3 is 1. The molecule has 0 bridgehead atoms. The predicted octanol–water partition coefficient (Wildman–Crippen LogP) is 3.65. The highest BCUT2D eigenvalue weighted by molar-refractivity contribution is 7.89. The van der Waals surface area contributed by atoms with E-state index in [1.807, 2.05) is 0 Å². The van der Waals surface area contributed by atoms with Crippen LogP contribution in [0.5, 0.6) is 5.75 Å². The first-order valence-corrected chi connectivity index (χ1v) is 9.67. The molecule has 0 aliphatic rings. The van der Waals surface area contributed by atoms with Crippen LogP contribution in [0.2, 0.25) is 5.02 Å². The fourth-order valence-corrected chi connectivity index (χ4v) is 3.73. The van der Waals surface area contributed by atoms with Gasteiger partial charge in [0.25, 0.3) is 0 Å². The van der Waals surface area contributed by atoms with E-state index in [1.165, 1.54) is 19.2 Å². The maximum absolute atomic E-state index is 13.7. The highest BCUT2D eigenvalue weighted by Crippen LogP contribution is 2.22. The minimum atomic E-state index is -3.62. The van der Waals surface area contributed by atoms with E-state index in [4.69, 9.17) is 20.9 Å². The Morgan fingerprint density at radius 2 is 1.88 bits per heavy atom. The van der Waals surface area contributed by atoms with Gasteiger partial charge >= 0.3 is 0 Å². The molecule has 0 fully saturated rings. The highest BCUT2D eigenvalue weighted by atomic mass is 35.5. The minimum Gasteiger partial charge on any atom is -0.494 e. The van der Waals surface area contributed by atoms with Gasteiger partial charge in [-0.1, -0.05) is 22.8 Å². The molecular formula is C17H14ClFN2O4S. The number of hydrogen-bond donors (Lipinski definition) is 0. The van der Waals surface area contributed by atoms with E-state index in [0.29, 0.717) is 16.1 Å². The van der Waals surface area contributed by atoms with E-state index in [0.717, 1.165) is 6.07 Å². The summed E-state index contributed by atoms with van der Waals surface area (Å²) in [5.41, 5.74) is 0.958. The van der Waals surface area contributed by atoms with Crippen LogP contribution in [-0.4, -0.2) is 25.7 Å². The van der Waals surface area contributed by atoms with Gasteiger partial charge in [-0.15, -0.1) is 0 Å². The SMILES string of the molecule is COc1ccc(CS(=O)(=O)Cc2nc(-c3ccc(Cl)cc3)no2)cc1F. The molecule has 6 nitrogen and oxygen atoms in total. The van der Waals surface area contributed by atoms with E-state index in [9.17, 15) is 12.8 Å². The molecule has 0 aliphatic carbocycles. The standard InChI is InChI=1S/C17H14ClFN2O4S/c1-24-15-7-2-11(8-14(15)19)9-26(22,23)10-16-20-17(21-25-16)12-3-5-13(18)6-4-12/h2-8H,9-10H2,1H3. The molecular weight excluding hydrogens is 383 g/mol. The Kier molecular flexibility index (Phi) is 5.24. The van der Waals surface area contributed by atoms with Crippen LogP contribution in [0.25, 0.3) is 11.4 Å². The first kappa shape index (κ1) is 18.3. The molecule has 0 saturated heterocycles. The number of aromatic nitrogens is 2. The molecule has 0 radical (unpaired) electrons. The second-order valence-corrected chi connectivity index (χ2v) is 8.02. The molecule has 9 heteroatoms. The molecule has 2 aromatic carbocycles. The van der Waals surface area contributed by atoms with Gasteiger partial charge in [0, 0.05) is 10.6 Å². The van der Waals surface area contributed by atoms with Gasteiger partial charge in [0.05, 0.1) is 12.9 Å². The largest absolute Gasteiger partial charge is 0.494 e. The van der Waals surface area contributed by atoms with Crippen molar-refractivity contribution in [1.82, 2.24) is 10.1 Å². The van der Waals surface area contributed by atoms with Crippen molar-refractivity contribution in [2.24, 2.45) is 0 Å². The quantitative estimate of drug-likeness (QED) is 0.632. The van der Waals surface area contributed by atoms with Crippen molar-refractivity contribution < 1.29 is 22.1 Å². The van der Waals surface area contributed by atoms with E-state index in [1.54, 1.807) is 24.3 Å². The fourth-order valence-electron chi connectivity index (χ4n) is 2.32. The first-order chi connectivity index (χ1) is 12.4. The van der Waals surface area contributed by atoms with Crippen LogP contribution >= 0.6 is 11.6 Å². The topological polar surface area (TPSA) is 82.3 Å². The third-order valence-electron chi connectivity index (χ3n) is 3.52. The summed E-state index contributed by atoms with van der Waals surface area (Å²) in [7, 11) is -2.29. The predicted molar refractivity (Wildman–Crippen MR) is 94.0 cm³/mol. The normalized spacial score (nSPS) is 11.5. The molecule has 0 atom stereocenters. The van der Waals surface area contributed by atoms with Crippen molar-refractivity contribution in [2.45, 2.75) is 11.5 Å². The lowest BCUT2D eigenvalue weighted by atomic mass is 10.2. The Morgan fingerprint density at radius 3 is 2.54 bits per heavy atom. The Labute approximate surface area is 154 Å². The lowest BCUT2D eigenvalue weighted by Crippen LogP contribution is -2.08. The molecule has 0 unspecified atom stereocenters. The Bertz CT molecular complexity index is 1020. The lowest BCUT2D eigenvalue weighted by Gasteiger charge is -2.05. The number of benzene rings is 2. The first-order valence-electron chi connectivity index (χ1n) is 7.48. The molecule has 26 heavy (non-hydrogen) atoms. The summed E-state index contributed by atoms with van der Waals surface area (Å²) < 4.78 is 48.2. The molecule has 3 rings (SSSR count). The van der Waals surface area contributed by atoms with E-state index in [2.05, 4.69) is 10.1 Å². The van der Waals surface area contributed by atoms with Gasteiger partial charge < -0.3 is 9.26 Å². The maximum atomic E-state index is 13.7. The number of halogens is 2. The van der Waals surface area contributed by atoms with E-state index < -0.39 is 21.4 Å². The lowest BCUT2D eigenvalue weighted by molar-refractivity contribution is 0.386. The van der Waals surface area contributed by atoms with Crippen molar-refractivity contribution in [3.05, 3.63) is 64.8 Å². The van der Waals surface area contributed by atoms with Crippen LogP contribution in [0.1, 0.15) is 11.5 Å². The third kappa shape index (κ3) is 4.39. The van der Waals surface area contributed by atoms with Crippen molar-refractivity contribution >= 4 is 21.4 Å². The maximum Gasteiger partial charge on any atom is 0.242 e. The number of nitrogens with zero attached hydrogens (tertiary/aromatic N) is 2. The summed E-state index contributed by atoms with van der Waals surface area (Å²) in [6.07, 6.45) is 0. The average Bonchev–Trinajstić information content (AvgIpc) is 3.03. The van der Waals surface area contributed by atoms with Gasteiger partial charge in [0.15, 0.2) is 21.4 Å². The van der Waals surface area contributed by atoms with Crippen LogP contribution in [0.4, 0.5) is 4.39 Å². The summed E-state index contributed by atoms with van der Waals surface area (Å²) in [5.74, 6) is -1.14. The van der Waals surface area contributed by atoms with Crippen LogP contribution in [0.3, 0.4) is 0 Å². The zero-order valence-electron chi connectivity index (χ0n) is 13.6. The van der Waals surface area contributed by atoms with Gasteiger partial charge in [-0.05, 0) is 42.0 Å². The van der Waals surface area contributed by atoms with Crippen molar-refractivity contribution in [1.29, 1.82) is 0 Å². The zero-order valence-corrected chi connectivity index (χ0v) is 15.2. The van der Waals surface area contributed by atoms with Gasteiger partial charge in [0.2, 0.25) is 11.7 Å². The Hall–Kier alpha value is -2.45.